The zero-order valence-corrected chi connectivity index (χ0v) is 27.9. The Morgan fingerprint density at radius 3 is 2.19 bits per heavy atom. The molecule has 0 spiro atoms. The molecule has 10 heteroatoms. The van der Waals surface area contributed by atoms with Crippen molar-refractivity contribution < 1.29 is 23.9 Å². The minimum Gasteiger partial charge on any atom is -0.462 e. The van der Waals surface area contributed by atoms with Crippen LogP contribution in [0.1, 0.15) is 40.1 Å². The maximum absolute atomic E-state index is 13.5. The number of carbonyl (C=O) groups excluding carboxylic acids is 4. The molecule has 5 rings (SSSR count). The van der Waals surface area contributed by atoms with E-state index >= 15 is 0 Å². The van der Waals surface area contributed by atoms with Crippen molar-refractivity contribution in [3.63, 3.8) is 0 Å². The summed E-state index contributed by atoms with van der Waals surface area (Å²) >= 11 is 2.57. The monoisotopic (exact) mass is 675 g/mol. The number of nitrogens with one attached hydrogen (secondary N) is 3. The summed E-state index contributed by atoms with van der Waals surface area (Å²) in [5.41, 5.74) is 3.58. The third-order valence-corrected chi connectivity index (χ3v) is 8.99. The minimum atomic E-state index is -0.549. The summed E-state index contributed by atoms with van der Waals surface area (Å²) in [4.78, 5) is 53.4. The first-order chi connectivity index (χ1) is 23.3. The molecule has 0 saturated carbocycles. The van der Waals surface area contributed by atoms with Crippen molar-refractivity contribution in [1.82, 2.24) is 5.32 Å². The highest BCUT2D eigenvalue weighted by atomic mass is 32.2. The predicted octanol–water partition coefficient (Wildman–Crippen LogP) is 8.12. The van der Waals surface area contributed by atoms with E-state index in [0.29, 0.717) is 27.4 Å². The Labute approximate surface area is 287 Å². The molecule has 5 aromatic rings. The largest absolute Gasteiger partial charge is 0.462 e. The SMILES string of the molecule is CCOC(=O)c1c(-c2ccccc2)csc1NC(=O)C(C)Sc1cccc(NC(=O)/C(=C/c2ccccc2)NC(=O)c2ccccc2)c1. The molecule has 8 nitrogen and oxygen atoms in total. The van der Waals surface area contributed by atoms with E-state index in [9.17, 15) is 19.2 Å². The second-order valence-corrected chi connectivity index (χ2v) is 12.8. The Kier molecular flexibility index (Phi) is 11.6. The van der Waals surface area contributed by atoms with Gasteiger partial charge in [-0.2, -0.15) is 0 Å². The van der Waals surface area contributed by atoms with Crippen molar-refractivity contribution in [3.8, 4) is 11.1 Å². The highest BCUT2D eigenvalue weighted by molar-refractivity contribution is 8.00. The Hall–Kier alpha value is -5.45. The lowest BCUT2D eigenvalue weighted by atomic mass is 10.0. The summed E-state index contributed by atoms with van der Waals surface area (Å²) in [6, 6.07) is 34.4. The minimum absolute atomic E-state index is 0.0732. The molecule has 3 amide bonds. The zero-order valence-electron chi connectivity index (χ0n) is 26.3. The van der Waals surface area contributed by atoms with Crippen LogP contribution >= 0.6 is 23.1 Å². The van der Waals surface area contributed by atoms with Crippen molar-refractivity contribution in [3.05, 3.63) is 143 Å². The molecule has 242 valence electrons. The lowest BCUT2D eigenvalue weighted by Gasteiger charge is -2.14. The van der Waals surface area contributed by atoms with E-state index in [2.05, 4.69) is 16.0 Å². The van der Waals surface area contributed by atoms with E-state index in [1.165, 1.54) is 23.1 Å². The molecule has 1 unspecified atom stereocenters. The first kappa shape index (κ1) is 33.9. The van der Waals surface area contributed by atoms with Gasteiger partial charge in [-0.1, -0.05) is 84.9 Å². The molecule has 1 aromatic heterocycles. The first-order valence-corrected chi connectivity index (χ1v) is 16.9. The third-order valence-electron chi connectivity index (χ3n) is 7.01. The van der Waals surface area contributed by atoms with E-state index in [1.807, 2.05) is 78.2 Å². The average Bonchev–Trinajstić information content (AvgIpc) is 3.53. The van der Waals surface area contributed by atoms with Crippen LogP contribution in [-0.2, 0) is 14.3 Å². The Balaban J connectivity index is 1.29. The molecule has 1 heterocycles. The number of hydrogen-bond acceptors (Lipinski definition) is 7. The fourth-order valence-corrected chi connectivity index (χ4v) is 6.55. The Bertz CT molecular complexity index is 1930. The number of thiophene rings is 1. The maximum Gasteiger partial charge on any atom is 0.341 e. The second-order valence-electron chi connectivity index (χ2n) is 10.5. The van der Waals surface area contributed by atoms with Crippen LogP contribution in [0.5, 0.6) is 0 Å². The smallest absolute Gasteiger partial charge is 0.341 e. The number of rotatable bonds is 12. The van der Waals surface area contributed by atoms with Gasteiger partial charge in [0, 0.05) is 27.1 Å². The number of esters is 1. The second kappa shape index (κ2) is 16.4. The molecule has 0 aliphatic rings. The van der Waals surface area contributed by atoms with Gasteiger partial charge < -0.3 is 20.7 Å². The maximum atomic E-state index is 13.5. The fraction of sp³-hybridized carbons (Fsp3) is 0.105. The average molecular weight is 676 g/mol. The van der Waals surface area contributed by atoms with Crippen LogP contribution < -0.4 is 16.0 Å². The topological polar surface area (TPSA) is 114 Å². The zero-order chi connectivity index (χ0) is 33.9. The van der Waals surface area contributed by atoms with Crippen LogP contribution in [0.2, 0.25) is 0 Å². The number of amides is 3. The van der Waals surface area contributed by atoms with E-state index in [4.69, 9.17) is 4.74 Å². The molecule has 1 atom stereocenters. The fourth-order valence-electron chi connectivity index (χ4n) is 4.66. The molecule has 0 aliphatic carbocycles. The number of ether oxygens (including phenoxy) is 1. The summed E-state index contributed by atoms with van der Waals surface area (Å²) in [6.45, 7) is 3.71. The van der Waals surface area contributed by atoms with E-state index in [1.54, 1.807) is 62.4 Å². The van der Waals surface area contributed by atoms with E-state index < -0.39 is 23.0 Å². The molecular formula is C38H33N3O5S2. The van der Waals surface area contributed by atoms with Crippen LogP contribution in [0.3, 0.4) is 0 Å². The standard InChI is InChI=1S/C38H33N3O5S2/c1-3-46-38(45)33-31(27-16-9-5-10-17-27)24-47-37(33)41-34(42)25(2)48-30-21-13-20-29(23-30)39-36(44)32(22-26-14-7-4-8-15-26)40-35(43)28-18-11-6-12-19-28/h4-25H,3H2,1-2H3,(H,39,44)(H,40,43)(H,41,42)/b32-22-. The van der Waals surface area contributed by atoms with Crippen LogP contribution in [0.4, 0.5) is 10.7 Å². The molecular weight excluding hydrogens is 643 g/mol. The number of hydrogen-bond donors (Lipinski definition) is 3. The number of benzene rings is 4. The molecule has 0 radical (unpaired) electrons. The molecule has 0 fully saturated rings. The van der Waals surface area contributed by atoms with Crippen molar-refractivity contribution in [1.29, 1.82) is 0 Å². The number of carbonyl (C=O) groups is 4. The highest BCUT2D eigenvalue weighted by Gasteiger charge is 2.25. The quantitative estimate of drug-likeness (QED) is 0.0700. The first-order valence-electron chi connectivity index (χ1n) is 15.2. The molecule has 4 aromatic carbocycles. The highest BCUT2D eigenvalue weighted by Crippen LogP contribution is 2.37. The van der Waals surface area contributed by atoms with Crippen molar-refractivity contribution >= 4 is 63.6 Å². The number of anilines is 2. The van der Waals surface area contributed by atoms with Gasteiger partial charge in [0.2, 0.25) is 5.91 Å². The summed E-state index contributed by atoms with van der Waals surface area (Å²) in [7, 11) is 0. The van der Waals surface area contributed by atoms with Crippen molar-refractivity contribution in [2.24, 2.45) is 0 Å². The van der Waals surface area contributed by atoms with Crippen LogP contribution in [0, 0.1) is 0 Å². The van der Waals surface area contributed by atoms with Gasteiger partial charge >= 0.3 is 5.97 Å². The normalized spacial score (nSPS) is 11.7. The van der Waals surface area contributed by atoms with Gasteiger partial charge in [-0.25, -0.2) is 4.79 Å². The van der Waals surface area contributed by atoms with Crippen LogP contribution in [0.25, 0.3) is 17.2 Å². The number of thioether (sulfide) groups is 1. The summed E-state index contributed by atoms with van der Waals surface area (Å²) in [6.07, 6.45) is 1.61. The van der Waals surface area contributed by atoms with Crippen molar-refractivity contribution in [2.75, 3.05) is 17.2 Å². The molecule has 0 saturated heterocycles. The Morgan fingerprint density at radius 1 is 0.833 bits per heavy atom. The lowest BCUT2D eigenvalue weighted by Crippen LogP contribution is -2.30. The van der Waals surface area contributed by atoms with Gasteiger partial charge in [-0.3, -0.25) is 14.4 Å². The summed E-state index contributed by atoms with van der Waals surface area (Å²) in [5, 5.41) is 10.2. The predicted molar refractivity (Wildman–Crippen MR) is 193 cm³/mol. The van der Waals surface area contributed by atoms with Gasteiger partial charge in [0.05, 0.1) is 11.9 Å². The van der Waals surface area contributed by atoms with Crippen molar-refractivity contribution in [2.45, 2.75) is 24.0 Å². The van der Waals surface area contributed by atoms with Gasteiger partial charge in [-0.05, 0) is 61.4 Å². The van der Waals surface area contributed by atoms with Crippen LogP contribution in [0.15, 0.2) is 131 Å². The molecule has 3 N–H and O–H groups in total. The molecule has 0 aliphatic heterocycles. The third kappa shape index (κ3) is 8.87. The van der Waals surface area contributed by atoms with Gasteiger partial charge in [0.1, 0.15) is 16.3 Å². The van der Waals surface area contributed by atoms with Gasteiger partial charge in [-0.15, -0.1) is 23.1 Å². The molecule has 0 bridgehead atoms. The lowest BCUT2D eigenvalue weighted by molar-refractivity contribution is -0.115. The van der Waals surface area contributed by atoms with E-state index in [-0.39, 0.29) is 18.2 Å². The van der Waals surface area contributed by atoms with Crippen LogP contribution in [-0.4, -0.2) is 35.5 Å². The summed E-state index contributed by atoms with van der Waals surface area (Å²) in [5.74, 6) is -1.71. The van der Waals surface area contributed by atoms with E-state index in [0.717, 1.165) is 16.0 Å². The Morgan fingerprint density at radius 2 is 1.50 bits per heavy atom. The van der Waals surface area contributed by atoms with Gasteiger partial charge in [0.15, 0.2) is 0 Å². The summed E-state index contributed by atoms with van der Waals surface area (Å²) < 4.78 is 5.31. The van der Waals surface area contributed by atoms with Gasteiger partial charge in [0.25, 0.3) is 11.8 Å². The molecule has 48 heavy (non-hydrogen) atoms.